The number of nitroso groups, excluding NO2 is 3. The van der Waals surface area contributed by atoms with Crippen molar-refractivity contribution in [3.05, 3.63) is 86.5 Å². The Morgan fingerprint density at radius 1 is 0.735 bits per heavy atom. The molecule has 178 valence electrons. The molecule has 2 unspecified atom stereocenters. The van der Waals surface area contributed by atoms with Gasteiger partial charge in [-0.2, -0.15) is 0 Å². The first-order valence-corrected chi connectivity index (χ1v) is 11.3. The van der Waals surface area contributed by atoms with Gasteiger partial charge in [0.25, 0.3) is 0 Å². The fraction of sp³-hybridized carbons (Fsp3) is 0.500. The van der Waals surface area contributed by atoms with E-state index >= 15 is 0 Å². The van der Waals surface area contributed by atoms with Crippen molar-refractivity contribution < 1.29 is 29.6 Å². The molecule has 0 radical (unpaired) electrons. The van der Waals surface area contributed by atoms with Crippen LogP contribution >= 0.6 is 0 Å². The topological polar surface area (TPSA) is 98.0 Å². The maximum Gasteiger partial charge on any atom is 1.00 e. The van der Waals surface area contributed by atoms with Crippen molar-refractivity contribution in [3.63, 3.8) is 0 Å². The summed E-state index contributed by atoms with van der Waals surface area (Å²) in [7, 11) is 1.57. The second-order valence-corrected chi connectivity index (χ2v) is 8.73. The minimum absolute atomic E-state index is 0. The number of hydrogen-bond acceptors (Lipinski definition) is 6. The molecular weight excluding hydrogens is 443 g/mol. The van der Waals surface area contributed by atoms with Crippen molar-refractivity contribution in [1.29, 1.82) is 0 Å². The van der Waals surface area contributed by atoms with Crippen molar-refractivity contribution >= 4 is 0 Å². The van der Waals surface area contributed by atoms with Crippen LogP contribution < -0.4 is 29.6 Å². The molecular formula is C24H34N6NaO3+. The quantitative estimate of drug-likeness (QED) is 0.208. The maximum absolute atomic E-state index is 11.9. The summed E-state index contributed by atoms with van der Waals surface area (Å²) < 4.78 is 0. The Hall–Kier alpha value is -2.36. The van der Waals surface area contributed by atoms with E-state index in [0.717, 1.165) is 11.1 Å². The maximum atomic E-state index is 11.9. The van der Waals surface area contributed by atoms with Gasteiger partial charge in [0.05, 0.1) is 41.0 Å². The summed E-state index contributed by atoms with van der Waals surface area (Å²) in [5.41, 5.74) is 2.13. The van der Waals surface area contributed by atoms with E-state index in [-0.39, 0.29) is 60.6 Å². The molecule has 0 fully saturated rings. The van der Waals surface area contributed by atoms with Crippen LogP contribution in [-0.4, -0.2) is 53.8 Å². The van der Waals surface area contributed by atoms with Crippen molar-refractivity contribution in [2.75, 3.05) is 26.7 Å². The predicted octanol–water partition coefficient (Wildman–Crippen LogP) is 1.84. The van der Waals surface area contributed by atoms with E-state index in [0.29, 0.717) is 25.8 Å². The minimum Gasteiger partial charge on any atom is -0.262 e. The number of hydrogen-bond donors (Lipinski definition) is 0. The first-order chi connectivity index (χ1) is 16.0. The fourth-order valence-electron chi connectivity index (χ4n) is 3.97. The van der Waals surface area contributed by atoms with Gasteiger partial charge in [-0.05, 0) is 36.3 Å². The van der Waals surface area contributed by atoms with Crippen LogP contribution in [0.4, 0.5) is 0 Å². The van der Waals surface area contributed by atoms with Crippen molar-refractivity contribution in [2.45, 2.75) is 45.2 Å². The summed E-state index contributed by atoms with van der Waals surface area (Å²) >= 11 is 0. The molecule has 2 atom stereocenters. The van der Waals surface area contributed by atoms with Crippen LogP contribution in [0.2, 0.25) is 0 Å². The Bertz CT molecular complexity index is 843. The van der Waals surface area contributed by atoms with Crippen LogP contribution in [-0.2, 0) is 12.8 Å². The van der Waals surface area contributed by atoms with Gasteiger partial charge in [0.2, 0.25) is 0 Å². The molecule has 34 heavy (non-hydrogen) atoms. The number of likely N-dealkylation sites (N-methyl/N-ethyl adjacent to an activating group) is 1. The summed E-state index contributed by atoms with van der Waals surface area (Å²) in [6.45, 7) is 5.04. The molecule has 2 aromatic carbocycles. The van der Waals surface area contributed by atoms with Gasteiger partial charge in [0, 0.05) is 13.6 Å². The van der Waals surface area contributed by atoms with Gasteiger partial charge in [-0.15, -0.1) is 14.7 Å². The third-order valence-electron chi connectivity index (χ3n) is 5.59. The second kappa shape index (κ2) is 16.3. The van der Waals surface area contributed by atoms with Gasteiger partial charge >= 0.3 is 29.6 Å². The van der Waals surface area contributed by atoms with Gasteiger partial charge in [-0.1, -0.05) is 74.5 Å². The van der Waals surface area contributed by atoms with Gasteiger partial charge < -0.3 is 0 Å². The zero-order chi connectivity index (χ0) is 24.1. The summed E-state index contributed by atoms with van der Waals surface area (Å²) in [6.07, 6.45) is 1.85. The number of rotatable bonds is 16. The summed E-state index contributed by atoms with van der Waals surface area (Å²) in [5, 5.41) is 13.8. The zero-order valence-corrected chi connectivity index (χ0v) is 22.7. The van der Waals surface area contributed by atoms with Crippen molar-refractivity contribution in [1.82, 2.24) is 15.0 Å². The summed E-state index contributed by atoms with van der Waals surface area (Å²) in [4.78, 5) is 34.8. The van der Waals surface area contributed by atoms with E-state index in [2.05, 4.69) is 29.7 Å². The average molecular weight is 478 g/mol. The van der Waals surface area contributed by atoms with E-state index in [1.54, 1.807) is 7.05 Å². The smallest absolute Gasteiger partial charge is 0.262 e. The number of nitrogens with zero attached hydrogens (tertiary/aromatic N) is 6. The molecule has 0 bridgehead atoms. The Labute approximate surface area is 224 Å². The summed E-state index contributed by atoms with van der Waals surface area (Å²) in [5.74, 6) is 0.288. The molecule has 0 aliphatic rings. The first-order valence-electron chi connectivity index (χ1n) is 11.3. The van der Waals surface area contributed by atoms with Crippen LogP contribution in [0, 0.1) is 20.6 Å². The van der Waals surface area contributed by atoms with E-state index in [1.165, 1.54) is 15.0 Å². The van der Waals surface area contributed by atoms with Gasteiger partial charge in [-0.25, -0.2) is 0 Å². The second-order valence-electron chi connectivity index (χ2n) is 8.73. The Morgan fingerprint density at radius 3 is 1.79 bits per heavy atom. The van der Waals surface area contributed by atoms with Gasteiger partial charge in [0.15, 0.2) is 0 Å². The molecule has 2 aromatic rings. The van der Waals surface area contributed by atoms with E-state index in [1.807, 2.05) is 60.7 Å². The Kier molecular flexibility index (Phi) is 14.2. The third-order valence-corrected chi connectivity index (χ3v) is 5.59. The predicted molar refractivity (Wildman–Crippen MR) is 131 cm³/mol. The largest absolute Gasteiger partial charge is 1.00 e. The van der Waals surface area contributed by atoms with E-state index in [4.69, 9.17) is 0 Å². The van der Waals surface area contributed by atoms with Crippen molar-refractivity contribution in [3.8, 4) is 0 Å². The van der Waals surface area contributed by atoms with Gasteiger partial charge in [0.1, 0.15) is 0 Å². The SMILES string of the molecule is CC(C)CC(CN(N=O)C(Cc1ccccc1)CN(C)N=O)N(CCc1ccccc1)N=O.[Na+]. The molecule has 0 heterocycles. The average Bonchev–Trinajstić information content (AvgIpc) is 2.83. The number of benzene rings is 2. The normalized spacial score (nSPS) is 12.2. The van der Waals surface area contributed by atoms with Crippen LogP contribution in [0.1, 0.15) is 31.4 Å². The van der Waals surface area contributed by atoms with Crippen LogP contribution in [0.3, 0.4) is 0 Å². The first kappa shape index (κ1) is 29.7. The standard InChI is InChI=1S/C24H34N6O3.Na/c1-20(2)16-23(29(26-32)15-14-21-10-6-4-7-11-21)19-30(27-33)24(18-28(3)25-31)17-22-12-8-5-9-13-22;/h4-13,20,23-24H,14-19H2,1-3H3;/q;+1. The van der Waals surface area contributed by atoms with E-state index < -0.39 is 0 Å². The minimum atomic E-state index is -0.384. The molecule has 0 N–H and O–H groups in total. The van der Waals surface area contributed by atoms with Crippen LogP contribution in [0.15, 0.2) is 76.5 Å². The third kappa shape index (κ3) is 10.3. The monoisotopic (exact) mass is 477 g/mol. The van der Waals surface area contributed by atoms with Gasteiger partial charge in [-0.3, -0.25) is 15.0 Å². The Morgan fingerprint density at radius 2 is 1.29 bits per heavy atom. The molecule has 0 saturated heterocycles. The molecule has 0 saturated carbocycles. The summed E-state index contributed by atoms with van der Waals surface area (Å²) in [6, 6.07) is 18.9. The molecule has 0 aromatic heterocycles. The Balaban J connectivity index is 0.00000578. The molecule has 0 aliphatic carbocycles. The molecule has 10 heteroatoms. The molecule has 2 rings (SSSR count). The van der Waals surface area contributed by atoms with E-state index in [9.17, 15) is 14.7 Å². The molecule has 0 amide bonds. The van der Waals surface area contributed by atoms with Crippen LogP contribution in [0.5, 0.6) is 0 Å². The molecule has 0 aliphatic heterocycles. The van der Waals surface area contributed by atoms with Crippen LogP contribution in [0.25, 0.3) is 0 Å². The fourth-order valence-corrected chi connectivity index (χ4v) is 3.97. The molecule has 0 spiro atoms. The zero-order valence-electron chi connectivity index (χ0n) is 20.7. The molecule has 9 nitrogen and oxygen atoms in total. The van der Waals surface area contributed by atoms with Crippen molar-refractivity contribution in [2.24, 2.45) is 21.8 Å².